The minimum atomic E-state index is -0.259. The van der Waals surface area contributed by atoms with E-state index < -0.39 is 0 Å². The van der Waals surface area contributed by atoms with Crippen molar-refractivity contribution in [1.29, 1.82) is 0 Å². The van der Waals surface area contributed by atoms with Crippen molar-refractivity contribution in [2.24, 2.45) is 0 Å². The van der Waals surface area contributed by atoms with E-state index in [0.717, 1.165) is 42.9 Å². The fourth-order valence-electron chi connectivity index (χ4n) is 4.54. The third kappa shape index (κ3) is 3.89. The molecule has 2 aliphatic rings. The van der Waals surface area contributed by atoms with E-state index in [2.05, 4.69) is 15.2 Å². The third-order valence-electron chi connectivity index (χ3n) is 6.17. The quantitative estimate of drug-likeness (QED) is 0.644. The van der Waals surface area contributed by atoms with Crippen LogP contribution < -0.4 is 0 Å². The molecule has 0 radical (unpaired) electrons. The van der Waals surface area contributed by atoms with Crippen molar-refractivity contribution in [2.75, 3.05) is 19.6 Å². The lowest BCUT2D eigenvalue weighted by atomic mass is 10.1. The molecule has 5 rings (SSSR count). The number of hydrogen-bond donors (Lipinski definition) is 0. The summed E-state index contributed by atoms with van der Waals surface area (Å²) in [6.07, 6.45) is 6.79. The van der Waals surface area contributed by atoms with Gasteiger partial charge < -0.3 is 14.2 Å². The Kier molecular flexibility index (Phi) is 5.36. The molecule has 2 aliphatic heterocycles. The average Bonchev–Trinajstić information content (AvgIpc) is 3.43. The zero-order chi connectivity index (χ0) is 21.2. The lowest BCUT2D eigenvalue weighted by Gasteiger charge is -2.26. The number of amides is 2. The predicted molar refractivity (Wildman–Crippen MR) is 114 cm³/mol. The number of carbonyl (C=O) groups is 2. The highest BCUT2D eigenvalue weighted by Gasteiger charge is 2.35. The molecule has 160 valence electrons. The van der Waals surface area contributed by atoms with Crippen LogP contribution in [0.1, 0.15) is 50.5 Å². The number of nitrogens with zero attached hydrogens (tertiary/aromatic N) is 5. The minimum absolute atomic E-state index is 0.0548. The number of aromatic nitrogens is 3. The van der Waals surface area contributed by atoms with Crippen LogP contribution >= 0.6 is 0 Å². The minimum Gasteiger partial charge on any atom is -0.417 e. The Balaban J connectivity index is 1.36. The largest absolute Gasteiger partial charge is 0.417 e. The molecule has 8 heteroatoms. The van der Waals surface area contributed by atoms with Gasteiger partial charge in [0, 0.05) is 31.1 Å². The van der Waals surface area contributed by atoms with Crippen molar-refractivity contribution in [3.05, 3.63) is 42.4 Å². The van der Waals surface area contributed by atoms with Crippen LogP contribution in [-0.4, -0.2) is 56.4 Å². The first-order valence-corrected chi connectivity index (χ1v) is 11.0. The second kappa shape index (κ2) is 8.45. The number of fused-ring (bicyclic) bond motifs is 1. The molecule has 8 nitrogen and oxygen atoms in total. The molecule has 2 amide bonds. The van der Waals surface area contributed by atoms with Gasteiger partial charge in [-0.1, -0.05) is 30.7 Å². The molecule has 1 unspecified atom stereocenters. The average molecular weight is 419 g/mol. The lowest BCUT2D eigenvalue weighted by molar-refractivity contribution is -0.141. The highest BCUT2D eigenvalue weighted by Crippen LogP contribution is 2.33. The molecule has 0 bridgehead atoms. The molecule has 1 aromatic carbocycles. The van der Waals surface area contributed by atoms with Gasteiger partial charge in [0.1, 0.15) is 11.7 Å². The van der Waals surface area contributed by atoms with Crippen LogP contribution in [0.5, 0.6) is 0 Å². The van der Waals surface area contributed by atoms with Crippen molar-refractivity contribution in [3.8, 4) is 11.6 Å². The molecular weight excluding hydrogens is 394 g/mol. The Morgan fingerprint density at radius 3 is 2.90 bits per heavy atom. The molecule has 2 saturated heterocycles. The maximum absolute atomic E-state index is 13.0. The topological polar surface area (TPSA) is 92.4 Å². The van der Waals surface area contributed by atoms with Crippen LogP contribution in [-0.2, 0) is 9.59 Å². The van der Waals surface area contributed by atoms with Gasteiger partial charge in [-0.15, -0.1) is 10.2 Å². The van der Waals surface area contributed by atoms with Gasteiger partial charge in [-0.25, -0.2) is 0 Å². The van der Waals surface area contributed by atoms with Gasteiger partial charge in [-0.2, -0.15) is 0 Å². The number of likely N-dealkylation sites (tertiary alicyclic amines) is 2. The normalized spacial score (nSPS) is 19.7. The highest BCUT2D eigenvalue weighted by molar-refractivity contribution is 5.92. The first-order valence-electron chi connectivity index (χ1n) is 11.0. The smallest absolute Gasteiger partial charge is 0.267 e. The standard InChI is InChI=1S/C23H25N5O3/c29-19-10-2-1-5-13-27(19)15-20(30)28-14-6-9-18(28)22-25-26-23(31-22)21-17-8-4-3-7-16(17)11-12-24-21/h3-4,7-8,11-12,18H,1-2,5-6,9-10,13-15H2. The van der Waals surface area contributed by atoms with Gasteiger partial charge >= 0.3 is 0 Å². The maximum atomic E-state index is 13.0. The highest BCUT2D eigenvalue weighted by atomic mass is 16.4. The summed E-state index contributed by atoms with van der Waals surface area (Å²) >= 11 is 0. The molecule has 0 aliphatic carbocycles. The van der Waals surface area contributed by atoms with E-state index in [9.17, 15) is 9.59 Å². The van der Waals surface area contributed by atoms with Crippen LogP contribution in [0.2, 0.25) is 0 Å². The molecule has 31 heavy (non-hydrogen) atoms. The van der Waals surface area contributed by atoms with Gasteiger partial charge in [-0.3, -0.25) is 14.6 Å². The van der Waals surface area contributed by atoms with Crippen LogP contribution in [0, 0.1) is 0 Å². The molecule has 3 aromatic rings. The van der Waals surface area contributed by atoms with E-state index in [1.54, 1.807) is 16.0 Å². The lowest BCUT2D eigenvalue weighted by Crippen LogP contribution is -2.42. The van der Waals surface area contributed by atoms with Crippen LogP contribution in [0.3, 0.4) is 0 Å². The summed E-state index contributed by atoms with van der Waals surface area (Å²) in [7, 11) is 0. The Morgan fingerprint density at radius 1 is 1.06 bits per heavy atom. The summed E-state index contributed by atoms with van der Waals surface area (Å²) in [6, 6.07) is 9.60. The van der Waals surface area contributed by atoms with Crippen molar-refractivity contribution in [3.63, 3.8) is 0 Å². The fourth-order valence-corrected chi connectivity index (χ4v) is 4.54. The maximum Gasteiger partial charge on any atom is 0.267 e. The summed E-state index contributed by atoms with van der Waals surface area (Å²) in [5, 5.41) is 10.5. The molecular formula is C23H25N5O3. The summed E-state index contributed by atoms with van der Waals surface area (Å²) in [5.41, 5.74) is 0.642. The molecule has 4 heterocycles. The first-order chi connectivity index (χ1) is 15.2. The van der Waals surface area contributed by atoms with Gasteiger partial charge in [-0.05, 0) is 37.1 Å². The van der Waals surface area contributed by atoms with Crippen molar-refractivity contribution < 1.29 is 14.0 Å². The Morgan fingerprint density at radius 2 is 1.97 bits per heavy atom. The van der Waals surface area contributed by atoms with Crippen LogP contribution in [0.15, 0.2) is 40.9 Å². The Bertz CT molecular complexity index is 1110. The summed E-state index contributed by atoms with van der Waals surface area (Å²) < 4.78 is 6.01. The fraction of sp³-hybridized carbons (Fsp3) is 0.435. The van der Waals surface area contributed by atoms with E-state index in [-0.39, 0.29) is 24.4 Å². The van der Waals surface area contributed by atoms with Gasteiger partial charge in [0.05, 0.1) is 6.54 Å². The SMILES string of the molecule is O=C1CCCCCN1CC(=O)N1CCCC1c1nnc(-c2nccc3ccccc23)o1. The molecule has 0 N–H and O–H groups in total. The van der Waals surface area contributed by atoms with Crippen molar-refractivity contribution in [1.82, 2.24) is 25.0 Å². The van der Waals surface area contributed by atoms with Crippen molar-refractivity contribution >= 4 is 22.6 Å². The Hall–Kier alpha value is -3.29. The first kappa shape index (κ1) is 19.7. The number of rotatable bonds is 4. The summed E-state index contributed by atoms with van der Waals surface area (Å²) in [6.45, 7) is 1.41. The van der Waals surface area contributed by atoms with Gasteiger partial charge in [0.15, 0.2) is 0 Å². The Labute approximate surface area is 180 Å². The molecule has 2 fully saturated rings. The number of hydrogen-bond acceptors (Lipinski definition) is 6. The monoisotopic (exact) mass is 419 g/mol. The second-order valence-corrected chi connectivity index (χ2v) is 8.20. The van der Waals surface area contributed by atoms with E-state index in [4.69, 9.17) is 4.42 Å². The zero-order valence-corrected chi connectivity index (χ0v) is 17.4. The van der Waals surface area contributed by atoms with Crippen molar-refractivity contribution in [2.45, 2.75) is 44.6 Å². The van der Waals surface area contributed by atoms with Gasteiger partial charge in [0.2, 0.25) is 17.7 Å². The van der Waals surface area contributed by atoms with E-state index in [1.165, 1.54) is 0 Å². The number of benzene rings is 1. The summed E-state index contributed by atoms with van der Waals surface area (Å²) in [4.78, 5) is 33.3. The zero-order valence-electron chi connectivity index (χ0n) is 17.4. The van der Waals surface area contributed by atoms with E-state index in [0.29, 0.717) is 37.0 Å². The number of pyridine rings is 1. The molecule has 1 atom stereocenters. The second-order valence-electron chi connectivity index (χ2n) is 8.20. The van der Waals surface area contributed by atoms with Crippen LogP contribution in [0.4, 0.5) is 0 Å². The van der Waals surface area contributed by atoms with Crippen LogP contribution in [0.25, 0.3) is 22.4 Å². The third-order valence-corrected chi connectivity index (χ3v) is 6.17. The van der Waals surface area contributed by atoms with E-state index >= 15 is 0 Å². The number of carbonyl (C=O) groups excluding carboxylic acids is 2. The summed E-state index contributed by atoms with van der Waals surface area (Å²) in [5.74, 6) is 0.802. The predicted octanol–water partition coefficient (Wildman–Crippen LogP) is 3.35. The molecule has 2 aromatic heterocycles. The molecule has 0 spiro atoms. The van der Waals surface area contributed by atoms with E-state index in [1.807, 2.05) is 30.3 Å². The van der Waals surface area contributed by atoms with Gasteiger partial charge in [0.25, 0.3) is 5.89 Å². The molecule has 0 saturated carbocycles.